The van der Waals surface area contributed by atoms with E-state index in [-0.39, 0.29) is 18.9 Å². The third-order valence-electron chi connectivity index (χ3n) is 11.2. The van der Waals surface area contributed by atoms with Crippen LogP contribution in [-0.4, -0.2) is 46.1 Å². The summed E-state index contributed by atoms with van der Waals surface area (Å²) in [5, 5.41) is 33.3. The van der Waals surface area contributed by atoms with Crippen LogP contribution in [0, 0.1) is 0 Å². The van der Waals surface area contributed by atoms with Crippen LogP contribution in [0.4, 0.5) is 0 Å². The van der Waals surface area contributed by atoms with Gasteiger partial charge in [-0.25, -0.2) is 0 Å². The molecule has 3 unspecified atom stereocenters. The standard InChI is InChI=1S/C50H95NO4/c1-3-5-7-9-11-13-15-17-19-21-23-24-26-28-30-32-34-36-38-40-42-44-49(54)48(46-52)51-50(55)45-47(53)43-41-39-37-35-33-31-29-27-25-22-20-18-16-14-12-10-8-6-4-2/h6,8,12,14,42,44,47-49,52-54H,3-5,7,9-11,13,15-41,43,45-46H2,1-2H3,(H,51,55)/b8-6-,14-12-,44-42+. The second-order valence-electron chi connectivity index (χ2n) is 16.7. The first-order chi connectivity index (χ1) is 27.0. The third kappa shape index (κ3) is 42.0. The van der Waals surface area contributed by atoms with Crippen molar-refractivity contribution < 1.29 is 20.1 Å². The normalized spacial score (nSPS) is 13.8. The van der Waals surface area contributed by atoms with Crippen LogP contribution in [0.3, 0.4) is 0 Å². The van der Waals surface area contributed by atoms with Crippen LogP contribution < -0.4 is 5.32 Å². The lowest BCUT2D eigenvalue weighted by molar-refractivity contribution is -0.124. The summed E-state index contributed by atoms with van der Waals surface area (Å²) in [6.45, 7) is 4.13. The van der Waals surface area contributed by atoms with Gasteiger partial charge in [-0.2, -0.15) is 0 Å². The molecule has 5 heteroatoms. The number of carbonyl (C=O) groups excluding carboxylic acids is 1. The van der Waals surface area contributed by atoms with E-state index in [1.165, 1.54) is 186 Å². The average molecular weight is 774 g/mol. The molecular formula is C50H95NO4. The molecule has 0 rings (SSSR count). The van der Waals surface area contributed by atoms with E-state index >= 15 is 0 Å². The molecule has 0 fully saturated rings. The van der Waals surface area contributed by atoms with Crippen molar-refractivity contribution >= 4 is 5.91 Å². The Morgan fingerprint density at radius 2 is 0.873 bits per heavy atom. The molecule has 0 aromatic heterocycles. The second kappa shape index (κ2) is 45.3. The Morgan fingerprint density at radius 1 is 0.491 bits per heavy atom. The monoisotopic (exact) mass is 774 g/mol. The predicted octanol–water partition coefficient (Wildman–Crippen LogP) is 14.3. The summed E-state index contributed by atoms with van der Waals surface area (Å²) in [6, 6.07) is -0.744. The fraction of sp³-hybridized carbons (Fsp3) is 0.860. The van der Waals surface area contributed by atoms with Crippen molar-refractivity contribution in [2.45, 2.75) is 270 Å². The van der Waals surface area contributed by atoms with E-state index in [9.17, 15) is 20.1 Å². The first kappa shape index (κ1) is 53.6. The van der Waals surface area contributed by atoms with E-state index in [1.54, 1.807) is 6.08 Å². The fourth-order valence-electron chi connectivity index (χ4n) is 7.50. The first-order valence-electron chi connectivity index (χ1n) is 24.3. The van der Waals surface area contributed by atoms with E-state index in [0.29, 0.717) is 6.42 Å². The molecule has 5 nitrogen and oxygen atoms in total. The molecule has 4 N–H and O–H groups in total. The number of amides is 1. The highest BCUT2D eigenvalue weighted by atomic mass is 16.3. The number of rotatable bonds is 44. The molecule has 0 aliphatic heterocycles. The van der Waals surface area contributed by atoms with E-state index in [4.69, 9.17) is 0 Å². The minimum atomic E-state index is -0.929. The minimum Gasteiger partial charge on any atom is -0.394 e. The van der Waals surface area contributed by atoms with Gasteiger partial charge in [0.1, 0.15) is 0 Å². The quantitative estimate of drug-likeness (QED) is 0.0367. The highest BCUT2D eigenvalue weighted by Gasteiger charge is 2.20. The van der Waals surface area contributed by atoms with Crippen LogP contribution in [0.1, 0.15) is 251 Å². The Morgan fingerprint density at radius 3 is 1.29 bits per heavy atom. The van der Waals surface area contributed by atoms with Gasteiger partial charge in [0.15, 0.2) is 0 Å². The maximum atomic E-state index is 12.5. The highest BCUT2D eigenvalue weighted by Crippen LogP contribution is 2.16. The maximum Gasteiger partial charge on any atom is 0.222 e. The van der Waals surface area contributed by atoms with Gasteiger partial charge in [0.05, 0.1) is 31.3 Å². The van der Waals surface area contributed by atoms with Gasteiger partial charge in [-0.3, -0.25) is 4.79 Å². The Kier molecular flexibility index (Phi) is 44.1. The molecule has 0 aliphatic rings. The summed E-state index contributed by atoms with van der Waals surface area (Å²) >= 11 is 0. The van der Waals surface area contributed by atoms with Gasteiger partial charge in [-0.1, -0.05) is 237 Å². The summed E-state index contributed by atoms with van der Waals surface area (Å²) in [4.78, 5) is 12.5. The number of unbranched alkanes of at least 4 members (excludes halogenated alkanes) is 31. The molecular weight excluding hydrogens is 679 g/mol. The van der Waals surface area contributed by atoms with Crippen LogP contribution in [-0.2, 0) is 4.79 Å². The van der Waals surface area contributed by atoms with Crippen LogP contribution in [0.25, 0.3) is 0 Å². The minimum absolute atomic E-state index is 0.0135. The molecule has 0 bridgehead atoms. The molecule has 3 atom stereocenters. The van der Waals surface area contributed by atoms with Gasteiger partial charge in [0.25, 0.3) is 0 Å². The molecule has 0 saturated heterocycles. The van der Waals surface area contributed by atoms with Gasteiger partial charge in [0.2, 0.25) is 5.91 Å². The predicted molar refractivity (Wildman–Crippen MR) is 241 cm³/mol. The van der Waals surface area contributed by atoms with Crippen molar-refractivity contribution in [1.29, 1.82) is 0 Å². The summed E-state index contributed by atoms with van der Waals surface area (Å²) in [5.74, 6) is -0.315. The number of allylic oxidation sites excluding steroid dienone is 5. The molecule has 0 aliphatic carbocycles. The lowest BCUT2D eigenvalue weighted by atomic mass is 10.0. The zero-order valence-corrected chi connectivity index (χ0v) is 36.8. The fourth-order valence-corrected chi connectivity index (χ4v) is 7.50. The number of carbonyl (C=O) groups is 1. The van der Waals surface area contributed by atoms with Crippen molar-refractivity contribution in [1.82, 2.24) is 5.32 Å². The van der Waals surface area contributed by atoms with Crippen molar-refractivity contribution in [3.63, 3.8) is 0 Å². The van der Waals surface area contributed by atoms with Gasteiger partial charge in [0, 0.05) is 0 Å². The molecule has 0 spiro atoms. The Balaban J connectivity index is 3.62. The Labute approximate surface area is 343 Å². The third-order valence-corrected chi connectivity index (χ3v) is 11.2. The molecule has 0 saturated carbocycles. The maximum absolute atomic E-state index is 12.5. The van der Waals surface area contributed by atoms with Crippen LogP contribution in [0.2, 0.25) is 0 Å². The smallest absolute Gasteiger partial charge is 0.222 e. The highest BCUT2D eigenvalue weighted by molar-refractivity contribution is 5.76. The lowest BCUT2D eigenvalue weighted by Gasteiger charge is -2.21. The van der Waals surface area contributed by atoms with Gasteiger partial charge >= 0.3 is 0 Å². The number of nitrogens with one attached hydrogen (secondary N) is 1. The van der Waals surface area contributed by atoms with E-state index in [2.05, 4.69) is 43.5 Å². The molecule has 0 aromatic rings. The molecule has 55 heavy (non-hydrogen) atoms. The van der Waals surface area contributed by atoms with Crippen molar-refractivity contribution in [3.8, 4) is 0 Å². The zero-order chi connectivity index (χ0) is 40.1. The van der Waals surface area contributed by atoms with E-state index in [0.717, 1.165) is 38.5 Å². The summed E-state index contributed by atoms with van der Waals surface area (Å²) in [7, 11) is 0. The first-order valence-corrected chi connectivity index (χ1v) is 24.3. The molecule has 0 aromatic carbocycles. The van der Waals surface area contributed by atoms with Gasteiger partial charge in [-0.15, -0.1) is 0 Å². The van der Waals surface area contributed by atoms with Gasteiger partial charge < -0.3 is 20.6 Å². The average Bonchev–Trinajstić information content (AvgIpc) is 3.18. The number of hydrogen-bond acceptors (Lipinski definition) is 4. The lowest BCUT2D eigenvalue weighted by Crippen LogP contribution is -2.45. The van der Waals surface area contributed by atoms with Crippen LogP contribution in [0.5, 0.6) is 0 Å². The zero-order valence-electron chi connectivity index (χ0n) is 36.8. The molecule has 0 radical (unpaired) electrons. The SMILES string of the molecule is CC/C=C\C/C=C\CCCCCCCCCCCCCCC(O)CC(=O)NC(CO)C(O)/C=C/CCCCCCCCCCCCCCCCCCCCC. The van der Waals surface area contributed by atoms with Crippen LogP contribution in [0.15, 0.2) is 36.5 Å². The summed E-state index contributed by atoms with van der Waals surface area (Å²) < 4.78 is 0. The second-order valence-corrected chi connectivity index (χ2v) is 16.7. The van der Waals surface area contributed by atoms with Crippen molar-refractivity contribution in [3.05, 3.63) is 36.5 Å². The summed E-state index contributed by atoms with van der Waals surface area (Å²) in [6.07, 6.45) is 57.3. The van der Waals surface area contributed by atoms with E-state index in [1.807, 2.05) is 6.08 Å². The Bertz CT molecular complexity index is 855. The van der Waals surface area contributed by atoms with Crippen molar-refractivity contribution in [2.24, 2.45) is 0 Å². The molecule has 324 valence electrons. The number of aliphatic hydroxyl groups excluding tert-OH is 3. The number of hydrogen-bond donors (Lipinski definition) is 4. The van der Waals surface area contributed by atoms with Gasteiger partial charge in [-0.05, 0) is 44.9 Å². The molecule has 1 amide bonds. The Hall–Kier alpha value is -1.43. The largest absolute Gasteiger partial charge is 0.394 e. The van der Waals surface area contributed by atoms with E-state index < -0.39 is 18.2 Å². The topological polar surface area (TPSA) is 89.8 Å². The van der Waals surface area contributed by atoms with Crippen molar-refractivity contribution in [2.75, 3.05) is 6.61 Å². The number of aliphatic hydroxyl groups is 3. The molecule has 0 heterocycles. The summed E-state index contributed by atoms with van der Waals surface area (Å²) in [5.41, 5.74) is 0. The van der Waals surface area contributed by atoms with Crippen LogP contribution >= 0.6 is 0 Å².